The van der Waals surface area contributed by atoms with Gasteiger partial charge in [-0.05, 0) is 25.0 Å². The van der Waals surface area contributed by atoms with E-state index in [0.29, 0.717) is 0 Å². The molecular weight excluding hydrogens is 374 g/mol. The summed E-state index contributed by atoms with van der Waals surface area (Å²) in [7, 11) is 0. The van der Waals surface area contributed by atoms with E-state index < -0.39 is 42.4 Å². The van der Waals surface area contributed by atoms with E-state index in [9.17, 15) is 19.2 Å². The highest BCUT2D eigenvalue weighted by molar-refractivity contribution is 7.99. The summed E-state index contributed by atoms with van der Waals surface area (Å²) in [6.45, 7) is 1.35. The van der Waals surface area contributed by atoms with Crippen LogP contribution in [-0.2, 0) is 19.2 Å². The standard InChI is InChI=1S/C17H23N3O6S/c1-10-4-2-3-5-13(10)27-9-12(16(24)19-8-15(22)23)20-14(21)7-6-11(18)17(25)26/h2-5,11-12H,6-9,18H2,1H3,(H,19,24)(H,20,21)(H,22,23)(H,25,26)/t11-,12-/m0/s1. The van der Waals surface area contributed by atoms with Gasteiger partial charge in [-0.15, -0.1) is 11.8 Å². The summed E-state index contributed by atoms with van der Waals surface area (Å²) in [4.78, 5) is 46.5. The number of nitrogens with one attached hydrogen (secondary N) is 2. The molecule has 2 amide bonds. The number of carbonyl (C=O) groups excluding carboxylic acids is 2. The molecule has 0 saturated carbocycles. The summed E-state index contributed by atoms with van der Waals surface area (Å²) >= 11 is 1.35. The lowest BCUT2D eigenvalue weighted by Gasteiger charge is -2.18. The maximum absolute atomic E-state index is 12.2. The predicted molar refractivity (Wildman–Crippen MR) is 99.3 cm³/mol. The SMILES string of the molecule is Cc1ccccc1SC[C@H](NC(=O)CC[C@H](N)C(=O)O)C(=O)NCC(=O)O. The molecule has 27 heavy (non-hydrogen) atoms. The zero-order chi connectivity index (χ0) is 20.4. The van der Waals surface area contributed by atoms with Crippen molar-refractivity contribution in [3.05, 3.63) is 29.8 Å². The molecule has 9 nitrogen and oxygen atoms in total. The monoisotopic (exact) mass is 397 g/mol. The van der Waals surface area contributed by atoms with Crippen molar-refractivity contribution in [2.45, 2.75) is 36.7 Å². The smallest absolute Gasteiger partial charge is 0.322 e. The van der Waals surface area contributed by atoms with Crippen LogP contribution >= 0.6 is 11.8 Å². The third-order valence-electron chi connectivity index (χ3n) is 3.56. The largest absolute Gasteiger partial charge is 0.480 e. The second-order valence-corrected chi connectivity index (χ2v) is 6.85. The normalized spacial score (nSPS) is 12.7. The second kappa shape index (κ2) is 11.2. The molecule has 10 heteroatoms. The molecule has 0 aromatic heterocycles. The number of hydrogen-bond donors (Lipinski definition) is 5. The Morgan fingerprint density at radius 2 is 1.85 bits per heavy atom. The molecule has 1 aromatic rings. The fourth-order valence-electron chi connectivity index (χ4n) is 2.04. The summed E-state index contributed by atoms with van der Waals surface area (Å²) < 4.78 is 0. The summed E-state index contributed by atoms with van der Waals surface area (Å²) in [5, 5.41) is 22.2. The Bertz CT molecular complexity index is 697. The lowest BCUT2D eigenvalue weighted by Crippen LogP contribution is -2.49. The number of thioether (sulfide) groups is 1. The van der Waals surface area contributed by atoms with Gasteiger partial charge in [0, 0.05) is 17.1 Å². The summed E-state index contributed by atoms with van der Waals surface area (Å²) in [5.41, 5.74) is 6.37. The van der Waals surface area contributed by atoms with Gasteiger partial charge in [0.05, 0.1) is 0 Å². The van der Waals surface area contributed by atoms with Crippen molar-refractivity contribution in [3.63, 3.8) is 0 Å². The van der Waals surface area contributed by atoms with Gasteiger partial charge < -0.3 is 26.6 Å². The molecule has 2 atom stereocenters. The van der Waals surface area contributed by atoms with Crippen LogP contribution in [0, 0.1) is 6.92 Å². The summed E-state index contributed by atoms with van der Waals surface area (Å²) in [6.07, 6.45) is -0.235. The second-order valence-electron chi connectivity index (χ2n) is 5.79. The van der Waals surface area contributed by atoms with Crippen LogP contribution in [0.25, 0.3) is 0 Å². The first-order chi connectivity index (χ1) is 12.7. The molecule has 0 radical (unpaired) electrons. The number of benzene rings is 1. The molecule has 0 heterocycles. The molecule has 0 unspecified atom stereocenters. The van der Waals surface area contributed by atoms with Gasteiger partial charge in [0.2, 0.25) is 11.8 Å². The zero-order valence-electron chi connectivity index (χ0n) is 14.8. The van der Waals surface area contributed by atoms with Gasteiger partial charge in [0.15, 0.2) is 0 Å². The number of carbonyl (C=O) groups is 4. The zero-order valence-corrected chi connectivity index (χ0v) is 15.6. The van der Waals surface area contributed by atoms with Crippen molar-refractivity contribution in [1.82, 2.24) is 10.6 Å². The predicted octanol–water partition coefficient (Wildman–Crippen LogP) is -0.0352. The van der Waals surface area contributed by atoms with E-state index in [1.807, 2.05) is 31.2 Å². The van der Waals surface area contributed by atoms with Crippen LogP contribution in [0.2, 0.25) is 0 Å². The number of rotatable bonds is 11. The van der Waals surface area contributed by atoms with Crippen molar-refractivity contribution in [2.24, 2.45) is 5.73 Å². The van der Waals surface area contributed by atoms with Crippen LogP contribution in [0.4, 0.5) is 0 Å². The van der Waals surface area contributed by atoms with E-state index in [4.69, 9.17) is 15.9 Å². The van der Waals surface area contributed by atoms with E-state index in [2.05, 4.69) is 10.6 Å². The first-order valence-electron chi connectivity index (χ1n) is 8.16. The number of hydrogen-bond acceptors (Lipinski definition) is 6. The van der Waals surface area contributed by atoms with Crippen LogP contribution in [-0.4, -0.2) is 58.3 Å². The fraction of sp³-hybridized carbons (Fsp3) is 0.412. The van der Waals surface area contributed by atoms with E-state index in [-0.39, 0.29) is 18.6 Å². The topological polar surface area (TPSA) is 159 Å². The number of aryl methyl sites for hydroxylation is 1. The Kier molecular flexibility index (Phi) is 9.31. The van der Waals surface area contributed by atoms with Crippen LogP contribution in [0.15, 0.2) is 29.2 Å². The van der Waals surface area contributed by atoms with Gasteiger partial charge in [-0.2, -0.15) is 0 Å². The molecule has 0 fully saturated rings. The minimum atomic E-state index is -1.21. The minimum absolute atomic E-state index is 0.0738. The molecule has 148 valence electrons. The van der Waals surface area contributed by atoms with E-state index >= 15 is 0 Å². The van der Waals surface area contributed by atoms with E-state index in [1.165, 1.54) is 11.8 Å². The van der Waals surface area contributed by atoms with Crippen LogP contribution < -0.4 is 16.4 Å². The average Bonchev–Trinajstić information content (AvgIpc) is 2.62. The Morgan fingerprint density at radius 1 is 1.19 bits per heavy atom. The lowest BCUT2D eigenvalue weighted by atomic mass is 10.1. The van der Waals surface area contributed by atoms with Gasteiger partial charge in [-0.1, -0.05) is 18.2 Å². The number of nitrogens with two attached hydrogens (primary N) is 1. The molecule has 1 rings (SSSR count). The summed E-state index contributed by atoms with van der Waals surface area (Å²) in [6, 6.07) is 5.37. The molecule has 0 aliphatic carbocycles. The molecule has 6 N–H and O–H groups in total. The Balaban J connectivity index is 2.70. The molecule has 0 aliphatic heterocycles. The van der Waals surface area contributed by atoms with Crippen molar-refractivity contribution in [3.8, 4) is 0 Å². The van der Waals surface area contributed by atoms with Gasteiger partial charge >= 0.3 is 11.9 Å². The average molecular weight is 397 g/mol. The molecule has 0 bridgehead atoms. The lowest BCUT2D eigenvalue weighted by molar-refractivity contribution is -0.139. The highest BCUT2D eigenvalue weighted by atomic mass is 32.2. The van der Waals surface area contributed by atoms with Crippen LogP contribution in [0.3, 0.4) is 0 Å². The molecule has 0 spiro atoms. The maximum atomic E-state index is 12.2. The Morgan fingerprint density at radius 3 is 2.44 bits per heavy atom. The van der Waals surface area contributed by atoms with Gasteiger partial charge in [-0.3, -0.25) is 19.2 Å². The first kappa shape index (κ1) is 22.5. The van der Waals surface area contributed by atoms with Gasteiger partial charge in [-0.25, -0.2) is 0 Å². The Hall–Kier alpha value is -2.59. The minimum Gasteiger partial charge on any atom is -0.480 e. The van der Waals surface area contributed by atoms with Crippen molar-refractivity contribution < 1.29 is 29.4 Å². The first-order valence-corrected chi connectivity index (χ1v) is 9.15. The van der Waals surface area contributed by atoms with Gasteiger partial charge in [0.25, 0.3) is 0 Å². The highest BCUT2D eigenvalue weighted by Gasteiger charge is 2.22. The number of amides is 2. The quantitative estimate of drug-likeness (QED) is 0.325. The Labute approximate surface area is 160 Å². The van der Waals surface area contributed by atoms with Crippen LogP contribution in [0.5, 0.6) is 0 Å². The maximum Gasteiger partial charge on any atom is 0.322 e. The summed E-state index contributed by atoms with van der Waals surface area (Å²) in [5.74, 6) is -3.39. The van der Waals surface area contributed by atoms with Crippen LogP contribution in [0.1, 0.15) is 18.4 Å². The van der Waals surface area contributed by atoms with Crippen molar-refractivity contribution >= 4 is 35.5 Å². The van der Waals surface area contributed by atoms with Crippen molar-refractivity contribution in [2.75, 3.05) is 12.3 Å². The molecule has 0 aliphatic rings. The number of aliphatic carboxylic acids is 2. The third-order valence-corrected chi connectivity index (χ3v) is 4.83. The molecular formula is C17H23N3O6S. The van der Waals surface area contributed by atoms with E-state index in [1.54, 1.807) is 0 Å². The highest BCUT2D eigenvalue weighted by Crippen LogP contribution is 2.22. The van der Waals surface area contributed by atoms with Crippen molar-refractivity contribution in [1.29, 1.82) is 0 Å². The third kappa shape index (κ3) is 8.56. The molecule has 0 saturated heterocycles. The van der Waals surface area contributed by atoms with Gasteiger partial charge in [0.1, 0.15) is 18.6 Å². The number of carboxylic acids is 2. The molecule has 1 aromatic carbocycles. The number of carboxylic acid groups (broad SMARTS) is 2. The van der Waals surface area contributed by atoms with E-state index in [0.717, 1.165) is 10.5 Å². The fourth-order valence-corrected chi connectivity index (χ4v) is 3.09.